The van der Waals surface area contributed by atoms with Gasteiger partial charge in [-0.1, -0.05) is 13.8 Å². The summed E-state index contributed by atoms with van der Waals surface area (Å²) in [5.41, 5.74) is 1.04. The maximum atomic E-state index is 14.3. The molecular formula is C15H15FN4O. The molecule has 2 aromatic heterocycles. The van der Waals surface area contributed by atoms with Crippen molar-refractivity contribution in [2.24, 2.45) is 0 Å². The first kappa shape index (κ1) is 13.5. The van der Waals surface area contributed by atoms with Gasteiger partial charge in [-0.2, -0.15) is 9.50 Å². The highest BCUT2D eigenvalue weighted by Gasteiger charge is 2.14. The van der Waals surface area contributed by atoms with Crippen molar-refractivity contribution in [2.45, 2.75) is 19.8 Å². The van der Waals surface area contributed by atoms with Gasteiger partial charge in [-0.3, -0.25) is 0 Å². The van der Waals surface area contributed by atoms with Crippen molar-refractivity contribution in [1.29, 1.82) is 0 Å². The molecule has 0 atom stereocenters. The minimum absolute atomic E-state index is 0.181. The first-order valence-corrected chi connectivity index (χ1v) is 6.65. The Morgan fingerprint density at radius 3 is 2.71 bits per heavy atom. The zero-order valence-electron chi connectivity index (χ0n) is 12.0. The number of methoxy groups -OCH3 is 1. The lowest BCUT2D eigenvalue weighted by Gasteiger charge is -2.07. The van der Waals surface area contributed by atoms with E-state index in [1.54, 1.807) is 28.9 Å². The molecule has 3 aromatic rings. The molecule has 1 aromatic carbocycles. The molecule has 2 heterocycles. The van der Waals surface area contributed by atoms with Gasteiger partial charge in [-0.25, -0.2) is 9.37 Å². The van der Waals surface area contributed by atoms with Gasteiger partial charge in [0.2, 0.25) is 0 Å². The molecule has 0 N–H and O–H groups in total. The maximum absolute atomic E-state index is 14.3. The van der Waals surface area contributed by atoms with Crippen LogP contribution < -0.4 is 4.74 Å². The molecule has 0 saturated carbocycles. The average molecular weight is 286 g/mol. The van der Waals surface area contributed by atoms with Gasteiger partial charge in [0.25, 0.3) is 5.78 Å². The first-order valence-electron chi connectivity index (χ1n) is 6.65. The van der Waals surface area contributed by atoms with Gasteiger partial charge in [0.05, 0.1) is 12.8 Å². The lowest BCUT2D eigenvalue weighted by atomic mass is 10.1. The molecule has 6 heteroatoms. The fourth-order valence-electron chi connectivity index (χ4n) is 2.09. The number of aromatic nitrogens is 4. The van der Waals surface area contributed by atoms with Crippen LogP contribution >= 0.6 is 0 Å². The van der Waals surface area contributed by atoms with Crippen molar-refractivity contribution in [1.82, 2.24) is 19.6 Å². The van der Waals surface area contributed by atoms with Gasteiger partial charge < -0.3 is 4.74 Å². The van der Waals surface area contributed by atoms with Crippen molar-refractivity contribution in [3.63, 3.8) is 0 Å². The van der Waals surface area contributed by atoms with Crippen LogP contribution in [0, 0.1) is 5.82 Å². The number of hydrogen-bond acceptors (Lipinski definition) is 4. The van der Waals surface area contributed by atoms with E-state index in [0.717, 1.165) is 0 Å². The third-order valence-electron chi connectivity index (χ3n) is 3.23. The molecule has 21 heavy (non-hydrogen) atoms. The van der Waals surface area contributed by atoms with E-state index in [1.807, 2.05) is 13.8 Å². The zero-order chi connectivity index (χ0) is 15.0. The van der Waals surface area contributed by atoms with Gasteiger partial charge in [0, 0.05) is 23.7 Å². The Kier molecular flexibility index (Phi) is 3.29. The largest absolute Gasteiger partial charge is 0.497 e. The van der Waals surface area contributed by atoms with E-state index >= 15 is 0 Å². The van der Waals surface area contributed by atoms with Crippen LogP contribution in [-0.2, 0) is 0 Å². The summed E-state index contributed by atoms with van der Waals surface area (Å²) in [6.45, 7) is 4.00. The number of fused-ring (bicyclic) bond motifs is 1. The quantitative estimate of drug-likeness (QED) is 0.742. The SMILES string of the molecule is COc1ccc(-c2ccnc3nc(C(C)C)nn23)c(F)c1. The summed E-state index contributed by atoms with van der Waals surface area (Å²) in [4.78, 5) is 8.53. The van der Waals surface area contributed by atoms with Crippen molar-refractivity contribution in [3.8, 4) is 17.0 Å². The number of benzene rings is 1. The van der Waals surface area contributed by atoms with Crippen LogP contribution in [0.5, 0.6) is 5.75 Å². The van der Waals surface area contributed by atoms with E-state index in [1.165, 1.54) is 13.2 Å². The summed E-state index contributed by atoms with van der Waals surface area (Å²) >= 11 is 0. The lowest BCUT2D eigenvalue weighted by Crippen LogP contribution is -1.98. The summed E-state index contributed by atoms with van der Waals surface area (Å²) < 4.78 is 20.8. The molecule has 0 aliphatic carbocycles. The number of ether oxygens (including phenoxy) is 1. The predicted octanol–water partition coefficient (Wildman–Crippen LogP) is 3.06. The Balaban J connectivity index is 2.20. The standard InChI is InChI=1S/C15H15FN4O/c1-9(2)14-18-15-17-7-6-13(20(15)19-14)11-5-4-10(21-3)8-12(11)16/h4-9H,1-3H3. The van der Waals surface area contributed by atoms with Crippen molar-refractivity contribution < 1.29 is 9.13 Å². The molecule has 0 aliphatic rings. The molecule has 0 spiro atoms. The monoisotopic (exact) mass is 286 g/mol. The van der Waals surface area contributed by atoms with Crippen LogP contribution in [0.3, 0.4) is 0 Å². The number of halogens is 1. The van der Waals surface area contributed by atoms with Crippen LogP contribution in [0.25, 0.3) is 17.0 Å². The Labute approximate surface area is 121 Å². The minimum Gasteiger partial charge on any atom is -0.497 e. The van der Waals surface area contributed by atoms with E-state index in [-0.39, 0.29) is 11.7 Å². The third kappa shape index (κ3) is 2.33. The molecule has 0 radical (unpaired) electrons. The predicted molar refractivity (Wildman–Crippen MR) is 76.8 cm³/mol. The second-order valence-corrected chi connectivity index (χ2v) is 5.01. The van der Waals surface area contributed by atoms with Gasteiger partial charge >= 0.3 is 0 Å². The maximum Gasteiger partial charge on any atom is 0.252 e. The van der Waals surface area contributed by atoms with Crippen molar-refractivity contribution in [2.75, 3.05) is 7.11 Å². The summed E-state index contributed by atoms with van der Waals surface area (Å²) in [7, 11) is 1.51. The zero-order valence-corrected chi connectivity index (χ0v) is 12.0. The van der Waals surface area contributed by atoms with E-state index in [9.17, 15) is 4.39 Å². The molecule has 5 nitrogen and oxygen atoms in total. The van der Waals surface area contributed by atoms with Gasteiger partial charge in [0.1, 0.15) is 11.6 Å². The summed E-state index contributed by atoms with van der Waals surface area (Å²) in [6, 6.07) is 6.45. The Bertz CT molecular complexity index is 797. The number of rotatable bonds is 3. The van der Waals surface area contributed by atoms with Gasteiger partial charge in [-0.05, 0) is 18.2 Å². The normalized spacial score (nSPS) is 11.3. The highest BCUT2D eigenvalue weighted by atomic mass is 19.1. The Morgan fingerprint density at radius 2 is 2.05 bits per heavy atom. The highest BCUT2D eigenvalue weighted by Crippen LogP contribution is 2.26. The van der Waals surface area contributed by atoms with E-state index in [2.05, 4.69) is 15.1 Å². The topological polar surface area (TPSA) is 52.3 Å². The first-order chi connectivity index (χ1) is 10.1. The smallest absolute Gasteiger partial charge is 0.252 e. The molecular weight excluding hydrogens is 271 g/mol. The van der Waals surface area contributed by atoms with E-state index in [4.69, 9.17) is 4.74 Å². The summed E-state index contributed by atoms with van der Waals surface area (Å²) in [5, 5.41) is 4.42. The number of hydrogen-bond donors (Lipinski definition) is 0. The van der Waals surface area contributed by atoms with Crippen LogP contribution in [-0.4, -0.2) is 26.7 Å². The number of nitrogens with zero attached hydrogens (tertiary/aromatic N) is 4. The molecule has 108 valence electrons. The molecule has 0 aliphatic heterocycles. The second-order valence-electron chi connectivity index (χ2n) is 5.01. The fraction of sp³-hybridized carbons (Fsp3) is 0.267. The van der Waals surface area contributed by atoms with Crippen LogP contribution in [0.4, 0.5) is 4.39 Å². The van der Waals surface area contributed by atoms with Gasteiger partial charge in [-0.15, -0.1) is 5.10 Å². The van der Waals surface area contributed by atoms with Crippen molar-refractivity contribution in [3.05, 3.63) is 42.1 Å². The molecule has 3 rings (SSSR count). The molecule has 0 unspecified atom stereocenters. The minimum atomic E-state index is -0.372. The molecule has 0 saturated heterocycles. The Morgan fingerprint density at radius 1 is 1.24 bits per heavy atom. The molecule has 0 fully saturated rings. The van der Waals surface area contributed by atoms with Crippen LogP contribution in [0.15, 0.2) is 30.5 Å². The fourth-order valence-corrected chi connectivity index (χ4v) is 2.09. The van der Waals surface area contributed by atoms with Crippen LogP contribution in [0.2, 0.25) is 0 Å². The van der Waals surface area contributed by atoms with Crippen LogP contribution in [0.1, 0.15) is 25.6 Å². The molecule has 0 amide bonds. The second kappa shape index (κ2) is 5.12. The molecule has 0 bridgehead atoms. The third-order valence-corrected chi connectivity index (χ3v) is 3.23. The average Bonchev–Trinajstić information content (AvgIpc) is 2.91. The highest BCUT2D eigenvalue weighted by molar-refractivity contribution is 5.63. The van der Waals surface area contributed by atoms with Gasteiger partial charge in [0.15, 0.2) is 5.82 Å². The van der Waals surface area contributed by atoms with E-state index in [0.29, 0.717) is 28.6 Å². The lowest BCUT2D eigenvalue weighted by molar-refractivity contribution is 0.411. The van der Waals surface area contributed by atoms with Crippen molar-refractivity contribution >= 4 is 5.78 Å². The Hall–Kier alpha value is -2.50. The van der Waals surface area contributed by atoms with E-state index < -0.39 is 0 Å². The summed E-state index contributed by atoms with van der Waals surface area (Å²) in [5.74, 6) is 1.43. The summed E-state index contributed by atoms with van der Waals surface area (Å²) in [6.07, 6.45) is 1.60.